The van der Waals surface area contributed by atoms with Crippen LogP contribution in [0.15, 0.2) is 79.0 Å². The zero-order valence-electron chi connectivity index (χ0n) is 19.9. The number of para-hydroxylation sites is 1. The molecular formula is C27H21ClIN4O4-. The van der Waals surface area contributed by atoms with Gasteiger partial charge in [-0.2, -0.15) is 0 Å². The van der Waals surface area contributed by atoms with Gasteiger partial charge in [0.15, 0.2) is 0 Å². The number of hydrogen-bond donors (Lipinski definition) is 0. The van der Waals surface area contributed by atoms with E-state index in [9.17, 15) is 9.59 Å². The third kappa shape index (κ3) is 5.09. The Balaban J connectivity index is 1.41. The molecule has 5 aromatic rings. The molecule has 8 nitrogen and oxygen atoms in total. The SMILES string of the molecule is COc1cccc2c1c(CC(=O)O[I-]c1cn(-c3ccccc3)nn1)c(C)n2C(=O)c1ccc(Cl)cc1. The Morgan fingerprint density at radius 3 is 2.49 bits per heavy atom. The molecule has 0 aliphatic rings. The molecule has 0 aliphatic carbocycles. The summed E-state index contributed by atoms with van der Waals surface area (Å²) >= 11 is 4.85. The summed E-state index contributed by atoms with van der Waals surface area (Å²) in [4.78, 5) is 26.4. The molecule has 2 heterocycles. The van der Waals surface area contributed by atoms with Crippen molar-refractivity contribution in [2.24, 2.45) is 0 Å². The van der Waals surface area contributed by atoms with Crippen molar-refractivity contribution in [3.05, 3.63) is 105 Å². The molecule has 0 fully saturated rings. The fourth-order valence-electron chi connectivity index (χ4n) is 4.12. The second-order valence-electron chi connectivity index (χ2n) is 8.09. The molecule has 0 aliphatic heterocycles. The molecule has 188 valence electrons. The number of fused-ring (bicyclic) bond motifs is 1. The van der Waals surface area contributed by atoms with E-state index in [1.54, 1.807) is 46.8 Å². The number of nitrogens with zero attached hydrogens (tertiary/aromatic N) is 4. The van der Waals surface area contributed by atoms with E-state index in [4.69, 9.17) is 19.4 Å². The number of halogens is 2. The number of hydrogen-bond acceptors (Lipinski definition) is 6. The number of carbonyl (C=O) groups excluding carboxylic acids is 2. The van der Waals surface area contributed by atoms with Crippen LogP contribution < -0.4 is 26.4 Å². The van der Waals surface area contributed by atoms with Gasteiger partial charge in [0.05, 0.1) is 0 Å². The van der Waals surface area contributed by atoms with Crippen LogP contribution in [0.1, 0.15) is 21.6 Å². The van der Waals surface area contributed by atoms with Crippen molar-refractivity contribution in [2.45, 2.75) is 13.3 Å². The third-order valence-electron chi connectivity index (χ3n) is 5.84. The predicted octanol–water partition coefficient (Wildman–Crippen LogP) is 1.84. The van der Waals surface area contributed by atoms with Crippen LogP contribution in [-0.4, -0.2) is 38.5 Å². The Bertz CT molecular complexity index is 1600. The molecular weight excluding hydrogens is 607 g/mol. The van der Waals surface area contributed by atoms with Crippen LogP contribution in [-0.2, 0) is 14.3 Å². The first-order valence-corrected chi connectivity index (χ1v) is 13.6. The van der Waals surface area contributed by atoms with Crippen LogP contribution in [0, 0.1) is 10.6 Å². The average Bonchev–Trinajstić information content (AvgIpc) is 3.51. The standard InChI is InChI=1S/C27H21ClIN4O4/c1-17-21(15-25(34)37-29-24-16-32(31-30-24)20-7-4-3-5-8-20)26-22(9-6-10-23(26)36-2)33(17)27(35)18-11-13-19(28)14-12-18/h3-14,16H,15H2,1-2H3/q-1. The molecule has 10 heteroatoms. The summed E-state index contributed by atoms with van der Waals surface area (Å²) in [7, 11) is 1.56. The van der Waals surface area contributed by atoms with Gasteiger partial charge < -0.3 is 0 Å². The summed E-state index contributed by atoms with van der Waals surface area (Å²) in [5, 5.41) is 9.51. The molecule has 0 unspecified atom stereocenters. The summed E-state index contributed by atoms with van der Waals surface area (Å²) in [6, 6.07) is 21.7. The van der Waals surface area contributed by atoms with Gasteiger partial charge in [-0.1, -0.05) is 0 Å². The summed E-state index contributed by atoms with van der Waals surface area (Å²) in [5.74, 6) is -0.0578. The predicted molar refractivity (Wildman–Crippen MR) is 134 cm³/mol. The van der Waals surface area contributed by atoms with Crippen molar-refractivity contribution in [2.75, 3.05) is 7.11 Å². The van der Waals surface area contributed by atoms with E-state index in [2.05, 4.69) is 10.3 Å². The second kappa shape index (κ2) is 10.7. The van der Waals surface area contributed by atoms with Crippen molar-refractivity contribution in [1.82, 2.24) is 19.6 Å². The van der Waals surface area contributed by atoms with Gasteiger partial charge in [-0.3, -0.25) is 0 Å². The Hall–Kier alpha value is -3.70. The van der Waals surface area contributed by atoms with E-state index < -0.39 is 27.6 Å². The Morgan fingerprint density at radius 2 is 1.76 bits per heavy atom. The normalized spacial score (nSPS) is 11.1. The van der Waals surface area contributed by atoms with Crippen LogP contribution in [0.5, 0.6) is 5.75 Å². The first-order chi connectivity index (χ1) is 18.0. The van der Waals surface area contributed by atoms with Crippen molar-refractivity contribution in [3.63, 3.8) is 0 Å². The zero-order valence-corrected chi connectivity index (χ0v) is 22.8. The second-order valence-corrected chi connectivity index (χ2v) is 10.5. The third-order valence-corrected chi connectivity index (χ3v) is 7.75. The maximum absolute atomic E-state index is 13.5. The van der Waals surface area contributed by atoms with Crippen LogP contribution in [0.25, 0.3) is 16.6 Å². The van der Waals surface area contributed by atoms with E-state index in [-0.39, 0.29) is 12.3 Å². The number of ether oxygens (including phenoxy) is 1. The molecule has 3 aromatic carbocycles. The van der Waals surface area contributed by atoms with Crippen LogP contribution in [0.2, 0.25) is 5.02 Å². The summed E-state index contributed by atoms with van der Waals surface area (Å²) in [6.07, 6.45) is 1.75. The fraction of sp³-hybridized carbons (Fsp3) is 0.111. The number of benzene rings is 3. The minimum atomic E-state index is -1.16. The molecule has 0 spiro atoms. The molecule has 0 atom stereocenters. The quantitative estimate of drug-likeness (QED) is 0.256. The monoisotopic (exact) mass is 627 g/mol. The number of rotatable bonds is 7. The van der Waals surface area contributed by atoms with Crippen molar-refractivity contribution in [3.8, 4) is 11.4 Å². The van der Waals surface area contributed by atoms with Crippen LogP contribution in [0.3, 0.4) is 0 Å². The molecule has 0 radical (unpaired) electrons. The molecule has 0 saturated carbocycles. The van der Waals surface area contributed by atoms with Gasteiger partial charge in [0.25, 0.3) is 0 Å². The maximum atomic E-state index is 13.5. The molecule has 0 N–H and O–H groups in total. The Kier molecular flexibility index (Phi) is 7.24. The van der Waals surface area contributed by atoms with Crippen molar-refractivity contribution < 1.29 is 39.0 Å². The van der Waals surface area contributed by atoms with Gasteiger partial charge in [0, 0.05) is 0 Å². The molecule has 0 amide bonds. The number of aromatic nitrogens is 4. The van der Waals surface area contributed by atoms with Gasteiger partial charge >= 0.3 is 229 Å². The summed E-state index contributed by atoms with van der Waals surface area (Å²) in [6.45, 7) is 1.82. The minimum absolute atomic E-state index is 0.0177. The molecule has 2 aromatic heterocycles. The molecule has 5 rings (SSSR count). The first kappa shape index (κ1) is 25.0. The van der Waals surface area contributed by atoms with E-state index in [0.717, 1.165) is 5.69 Å². The summed E-state index contributed by atoms with van der Waals surface area (Å²) < 4.78 is 15.1. The molecule has 0 saturated heterocycles. The first-order valence-electron chi connectivity index (χ1n) is 11.3. The topological polar surface area (TPSA) is 88.2 Å². The van der Waals surface area contributed by atoms with Gasteiger partial charge in [-0.25, -0.2) is 0 Å². The summed E-state index contributed by atoms with van der Waals surface area (Å²) in [5.41, 5.74) is 3.33. The number of carbonyl (C=O) groups is 2. The molecule has 37 heavy (non-hydrogen) atoms. The number of methoxy groups -OCH3 is 1. The average molecular weight is 628 g/mol. The van der Waals surface area contributed by atoms with E-state index >= 15 is 0 Å². The van der Waals surface area contributed by atoms with Gasteiger partial charge in [0.2, 0.25) is 0 Å². The van der Waals surface area contributed by atoms with E-state index in [1.807, 2.05) is 55.5 Å². The van der Waals surface area contributed by atoms with Crippen LogP contribution >= 0.6 is 11.6 Å². The van der Waals surface area contributed by atoms with Gasteiger partial charge in [0.1, 0.15) is 0 Å². The zero-order chi connectivity index (χ0) is 25.9. The van der Waals surface area contributed by atoms with Crippen LogP contribution in [0.4, 0.5) is 0 Å². The Morgan fingerprint density at radius 1 is 1.00 bits per heavy atom. The van der Waals surface area contributed by atoms with E-state index in [0.29, 0.717) is 42.2 Å². The van der Waals surface area contributed by atoms with Crippen molar-refractivity contribution in [1.29, 1.82) is 0 Å². The molecule has 0 bridgehead atoms. The van der Waals surface area contributed by atoms with Gasteiger partial charge in [-0.05, 0) is 0 Å². The van der Waals surface area contributed by atoms with Gasteiger partial charge in [-0.15, -0.1) is 0 Å². The Labute approximate surface area is 228 Å². The van der Waals surface area contributed by atoms with E-state index in [1.165, 1.54) is 0 Å². The van der Waals surface area contributed by atoms with Crippen molar-refractivity contribution >= 4 is 34.4 Å². The fourth-order valence-corrected chi connectivity index (χ4v) is 5.43.